The number of hydrogen-bond donors (Lipinski definition) is 1. The molecule has 158 valence electrons. The monoisotopic (exact) mass is 440 g/mol. The second-order valence-corrected chi connectivity index (χ2v) is 10.1. The number of hydrogen-bond acceptors (Lipinski definition) is 6. The van der Waals surface area contributed by atoms with Crippen LogP contribution >= 0.6 is 0 Å². The molecule has 2 aromatic rings. The van der Waals surface area contributed by atoms with Gasteiger partial charge >= 0.3 is 0 Å². The molecule has 0 aliphatic carbocycles. The van der Waals surface area contributed by atoms with Crippen LogP contribution < -0.4 is 10.1 Å². The van der Waals surface area contributed by atoms with Gasteiger partial charge in [-0.3, -0.25) is 4.79 Å². The molecule has 0 saturated heterocycles. The van der Waals surface area contributed by atoms with Crippen LogP contribution in [0.1, 0.15) is 24.2 Å². The second kappa shape index (κ2) is 8.93. The molecular weight excluding hydrogens is 416 g/mol. The Morgan fingerprint density at radius 3 is 2.07 bits per heavy atom. The molecule has 0 unspecified atom stereocenters. The van der Waals surface area contributed by atoms with Crippen LogP contribution in [0.5, 0.6) is 5.75 Å². The molecule has 10 heteroatoms. The van der Waals surface area contributed by atoms with E-state index in [-0.39, 0.29) is 34.2 Å². The van der Waals surface area contributed by atoms with Crippen LogP contribution in [0.4, 0.5) is 5.69 Å². The van der Waals surface area contributed by atoms with Crippen molar-refractivity contribution in [3.8, 4) is 5.75 Å². The van der Waals surface area contributed by atoms with Gasteiger partial charge in [-0.05, 0) is 42.5 Å². The number of carbonyl (C=O) groups excluding carboxylic acids is 1. The average molecular weight is 441 g/mol. The number of nitrogens with one attached hydrogen (secondary N) is 1. The molecule has 0 atom stereocenters. The molecule has 2 rings (SSSR count). The van der Waals surface area contributed by atoms with E-state index in [1.165, 1.54) is 53.9 Å². The van der Waals surface area contributed by atoms with Crippen molar-refractivity contribution in [2.24, 2.45) is 0 Å². The van der Waals surface area contributed by atoms with Crippen molar-refractivity contribution in [1.82, 2.24) is 4.31 Å². The molecule has 0 aromatic heterocycles. The van der Waals surface area contributed by atoms with Gasteiger partial charge < -0.3 is 10.1 Å². The van der Waals surface area contributed by atoms with Crippen molar-refractivity contribution in [3.05, 3.63) is 48.0 Å². The number of benzene rings is 2. The molecular formula is C19H24N2O6S2. The van der Waals surface area contributed by atoms with Gasteiger partial charge in [0.1, 0.15) is 10.6 Å². The van der Waals surface area contributed by atoms with Crippen LogP contribution in [0.2, 0.25) is 0 Å². The summed E-state index contributed by atoms with van der Waals surface area (Å²) in [5, 5.41) is 2.63. The second-order valence-electron chi connectivity index (χ2n) is 6.21. The van der Waals surface area contributed by atoms with Gasteiger partial charge in [0.2, 0.25) is 10.0 Å². The molecule has 0 spiro atoms. The number of rotatable bonds is 8. The molecule has 8 nitrogen and oxygen atoms in total. The third kappa shape index (κ3) is 5.14. The number of carbonyl (C=O) groups is 1. The Morgan fingerprint density at radius 2 is 1.59 bits per heavy atom. The first-order valence-electron chi connectivity index (χ1n) is 8.84. The van der Waals surface area contributed by atoms with Gasteiger partial charge in [0.15, 0.2) is 9.84 Å². The SMILES string of the molecule is CCN(CC)S(=O)(=O)c1cc(C(=O)Nc2ccc(S(C)(=O)=O)cc2)ccc1OC. The largest absolute Gasteiger partial charge is 0.495 e. The molecule has 1 amide bonds. The highest BCUT2D eigenvalue weighted by Crippen LogP contribution is 2.28. The fraction of sp³-hybridized carbons (Fsp3) is 0.316. The number of sulfone groups is 1. The van der Waals surface area contributed by atoms with Crippen LogP contribution in [0, 0.1) is 0 Å². The first kappa shape index (κ1) is 22.9. The smallest absolute Gasteiger partial charge is 0.255 e. The third-order valence-electron chi connectivity index (χ3n) is 4.29. The van der Waals surface area contributed by atoms with Crippen molar-refractivity contribution in [2.45, 2.75) is 23.6 Å². The zero-order chi connectivity index (χ0) is 21.8. The van der Waals surface area contributed by atoms with Crippen LogP contribution in [0.15, 0.2) is 52.3 Å². The standard InChI is InChI=1S/C19H24N2O6S2/c1-5-21(6-2)29(25,26)18-13-14(7-12-17(18)27-3)19(22)20-15-8-10-16(11-9-15)28(4,23)24/h7-13H,5-6H2,1-4H3,(H,20,22). The fourth-order valence-corrected chi connectivity index (χ4v) is 4.98. The molecule has 1 N–H and O–H groups in total. The van der Waals surface area contributed by atoms with E-state index >= 15 is 0 Å². The predicted octanol–water partition coefficient (Wildman–Crippen LogP) is 2.38. The lowest BCUT2D eigenvalue weighted by atomic mass is 10.2. The quantitative estimate of drug-likeness (QED) is 0.675. The van der Waals surface area contributed by atoms with Crippen LogP contribution in [-0.4, -0.2) is 53.5 Å². The minimum Gasteiger partial charge on any atom is -0.495 e. The average Bonchev–Trinajstić information content (AvgIpc) is 2.67. The van der Waals surface area contributed by atoms with Gasteiger partial charge in [-0.1, -0.05) is 13.8 Å². The van der Waals surface area contributed by atoms with Crippen molar-refractivity contribution in [2.75, 3.05) is 31.8 Å². The number of ether oxygens (including phenoxy) is 1. The molecule has 0 bridgehead atoms. The van der Waals surface area contributed by atoms with E-state index in [9.17, 15) is 21.6 Å². The van der Waals surface area contributed by atoms with E-state index in [2.05, 4.69) is 5.32 Å². The van der Waals surface area contributed by atoms with Crippen LogP contribution in [-0.2, 0) is 19.9 Å². The highest BCUT2D eigenvalue weighted by Gasteiger charge is 2.26. The molecule has 0 aliphatic heterocycles. The Balaban J connectivity index is 2.37. The normalized spacial score (nSPS) is 12.0. The van der Waals surface area contributed by atoms with E-state index in [0.29, 0.717) is 5.69 Å². The minimum absolute atomic E-state index is 0.0937. The Labute approximate surface area is 171 Å². The van der Waals surface area contributed by atoms with E-state index in [4.69, 9.17) is 4.74 Å². The zero-order valence-corrected chi connectivity index (χ0v) is 18.3. The highest BCUT2D eigenvalue weighted by atomic mass is 32.2. The summed E-state index contributed by atoms with van der Waals surface area (Å²) in [7, 11) is -5.81. The van der Waals surface area contributed by atoms with E-state index in [1.807, 2.05) is 0 Å². The van der Waals surface area contributed by atoms with Crippen molar-refractivity contribution in [1.29, 1.82) is 0 Å². The lowest BCUT2D eigenvalue weighted by Gasteiger charge is -2.20. The number of nitrogens with zero attached hydrogens (tertiary/aromatic N) is 1. The van der Waals surface area contributed by atoms with Gasteiger partial charge in [0.05, 0.1) is 12.0 Å². The molecule has 0 aliphatic rings. The molecule has 2 aromatic carbocycles. The number of sulfonamides is 1. The summed E-state index contributed by atoms with van der Waals surface area (Å²) in [4.78, 5) is 12.6. The lowest BCUT2D eigenvalue weighted by molar-refractivity contribution is 0.102. The van der Waals surface area contributed by atoms with Gasteiger partial charge in [-0.15, -0.1) is 0 Å². The van der Waals surface area contributed by atoms with Crippen LogP contribution in [0.3, 0.4) is 0 Å². The molecule has 0 fully saturated rings. The maximum Gasteiger partial charge on any atom is 0.255 e. The number of amides is 1. The third-order valence-corrected chi connectivity index (χ3v) is 7.49. The topological polar surface area (TPSA) is 110 Å². The van der Waals surface area contributed by atoms with E-state index < -0.39 is 25.8 Å². The molecule has 0 heterocycles. The van der Waals surface area contributed by atoms with E-state index in [1.54, 1.807) is 13.8 Å². The van der Waals surface area contributed by atoms with Crippen molar-refractivity contribution < 1.29 is 26.4 Å². The Kier molecular flexibility index (Phi) is 7.04. The van der Waals surface area contributed by atoms with Gasteiger partial charge in [-0.2, -0.15) is 4.31 Å². The zero-order valence-electron chi connectivity index (χ0n) is 16.7. The number of anilines is 1. The fourth-order valence-electron chi connectivity index (χ4n) is 2.71. The molecule has 0 radical (unpaired) electrons. The summed E-state index contributed by atoms with van der Waals surface area (Å²) < 4.78 is 55.3. The summed E-state index contributed by atoms with van der Waals surface area (Å²) in [6.45, 7) is 4.02. The van der Waals surface area contributed by atoms with Gasteiger partial charge in [0, 0.05) is 30.6 Å². The first-order valence-corrected chi connectivity index (χ1v) is 12.2. The minimum atomic E-state index is -3.83. The summed E-state index contributed by atoms with van der Waals surface area (Å²) in [5.74, 6) is -0.387. The Bertz CT molecular complexity index is 1090. The molecule has 0 saturated carbocycles. The number of methoxy groups -OCH3 is 1. The lowest BCUT2D eigenvalue weighted by Crippen LogP contribution is -2.31. The maximum absolute atomic E-state index is 12.9. The molecule has 29 heavy (non-hydrogen) atoms. The summed E-state index contributed by atoms with van der Waals surface area (Å²) in [6.07, 6.45) is 1.09. The predicted molar refractivity (Wildman–Crippen MR) is 111 cm³/mol. The highest BCUT2D eigenvalue weighted by molar-refractivity contribution is 7.90. The summed E-state index contributed by atoms with van der Waals surface area (Å²) in [5.41, 5.74) is 0.509. The summed E-state index contributed by atoms with van der Waals surface area (Å²) in [6, 6.07) is 9.85. The van der Waals surface area contributed by atoms with Gasteiger partial charge in [-0.25, -0.2) is 16.8 Å². The van der Waals surface area contributed by atoms with Crippen molar-refractivity contribution in [3.63, 3.8) is 0 Å². The van der Waals surface area contributed by atoms with Crippen molar-refractivity contribution >= 4 is 31.5 Å². The summed E-state index contributed by atoms with van der Waals surface area (Å²) >= 11 is 0. The van der Waals surface area contributed by atoms with Gasteiger partial charge in [0.25, 0.3) is 5.91 Å². The van der Waals surface area contributed by atoms with Crippen LogP contribution in [0.25, 0.3) is 0 Å². The Hall–Kier alpha value is -2.43. The first-order chi connectivity index (χ1) is 13.5. The maximum atomic E-state index is 12.9. The Morgan fingerprint density at radius 1 is 1.00 bits per heavy atom. The van der Waals surface area contributed by atoms with E-state index in [0.717, 1.165) is 6.26 Å².